The van der Waals surface area contributed by atoms with Gasteiger partial charge in [-0.05, 0) is 31.4 Å². The second-order valence-corrected chi connectivity index (χ2v) is 17.2. The normalized spacial score (nSPS) is 14.6. The van der Waals surface area contributed by atoms with Gasteiger partial charge >= 0.3 is 8.56 Å². The van der Waals surface area contributed by atoms with E-state index in [1.807, 2.05) is 6.07 Å². The molecular formula is C14H28O3Si3. The summed E-state index contributed by atoms with van der Waals surface area (Å²) in [5, 5.41) is 1.51. The molecule has 0 saturated carbocycles. The van der Waals surface area contributed by atoms with Gasteiger partial charge in [-0.1, -0.05) is 37.3 Å². The third kappa shape index (κ3) is 3.69. The summed E-state index contributed by atoms with van der Waals surface area (Å²) in [5.41, 5.74) is 0. The molecule has 0 aliphatic carbocycles. The SMILES string of the molecule is CO[Si](OC)(c1ccccc1)C(C)[Si](C)(C)O[SiH](C)C. The van der Waals surface area contributed by atoms with Gasteiger partial charge in [0.25, 0.3) is 0 Å². The minimum atomic E-state index is -2.47. The van der Waals surface area contributed by atoms with Gasteiger partial charge in [-0.3, -0.25) is 0 Å². The van der Waals surface area contributed by atoms with Gasteiger partial charge in [0.1, 0.15) is 0 Å². The van der Waals surface area contributed by atoms with Gasteiger partial charge in [0.15, 0.2) is 17.4 Å². The highest BCUT2D eigenvalue weighted by Gasteiger charge is 2.52. The molecule has 1 unspecified atom stereocenters. The van der Waals surface area contributed by atoms with Crippen molar-refractivity contribution in [1.82, 2.24) is 0 Å². The third-order valence-corrected chi connectivity index (χ3v) is 17.1. The first kappa shape index (κ1) is 17.8. The highest BCUT2D eigenvalue weighted by atomic mass is 28.4. The van der Waals surface area contributed by atoms with E-state index in [0.717, 1.165) is 0 Å². The Morgan fingerprint density at radius 1 is 1.00 bits per heavy atom. The molecule has 0 heterocycles. The van der Waals surface area contributed by atoms with Gasteiger partial charge < -0.3 is 13.0 Å². The van der Waals surface area contributed by atoms with Crippen LogP contribution in [0, 0.1) is 0 Å². The van der Waals surface area contributed by atoms with Crippen LogP contribution in [0.1, 0.15) is 6.92 Å². The van der Waals surface area contributed by atoms with E-state index in [-0.39, 0.29) is 0 Å². The largest absolute Gasteiger partial charge is 0.458 e. The summed E-state index contributed by atoms with van der Waals surface area (Å²) in [7, 11) is -1.84. The van der Waals surface area contributed by atoms with Gasteiger partial charge in [0.05, 0.1) is 0 Å². The molecule has 0 amide bonds. The van der Waals surface area contributed by atoms with Crippen molar-refractivity contribution in [3.05, 3.63) is 30.3 Å². The quantitative estimate of drug-likeness (QED) is 0.720. The second-order valence-electron chi connectivity index (χ2n) is 5.93. The lowest BCUT2D eigenvalue weighted by atomic mass is 10.4. The van der Waals surface area contributed by atoms with Crippen LogP contribution in [0.2, 0.25) is 31.4 Å². The van der Waals surface area contributed by atoms with E-state index in [4.69, 9.17) is 13.0 Å². The van der Waals surface area contributed by atoms with Gasteiger partial charge in [0, 0.05) is 19.4 Å². The van der Waals surface area contributed by atoms with E-state index in [2.05, 4.69) is 57.4 Å². The monoisotopic (exact) mass is 328 g/mol. The van der Waals surface area contributed by atoms with Crippen molar-refractivity contribution in [1.29, 1.82) is 0 Å². The first-order chi connectivity index (χ1) is 9.30. The van der Waals surface area contributed by atoms with Crippen LogP contribution in [0.15, 0.2) is 30.3 Å². The molecule has 0 aliphatic heterocycles. The van der Waals surface area contributed by atoms with Crippen molar-refractivity contribution in [2.24, 2.45) is 0 Å². The van der Waals surface area contributed by atoms with Crippen LogP contribution < -0.4 is 5.19 Å². The van der Waals surface area contributed by atoms with Crippen molar-refractivity contribution in [2.75, 3.05) is 14.2 Å². The maximum absolute atomic E-state index is 6.38. The second kappa shape index (κ2) is 7.15. The lowest BCUT2D eigenvalue weighted by molar-refractivity contribution is 0.252. The topological polar surface area (TPSA) is 27.7 Å². The molecule has 3 nitrogen and oxygen atoms in total. The zero-order valence-electron chi connectivity index (χ0n) is 13.8. The number of benzene rings is 1. The Morgan fingerprint density at radius 3 is 1.90 bits per heavy atom. The first-order valence-electron chi connectivity index (χ1n) is 7.13. The molecular weight excluding hydrogens is 300 g/mol. The van der Waals surface area contributed by atoms with Crippen molar-refractivity contribution in [3.63, 3.8) is 0 Å². The van der Waals surface area contributed by atoms with Gasteiger partial charge in [-0.2, -0.15) is 0 Å². The van der Waals surface area contributed by atoms with Crippen molar-refractivity contribution in [2.45, 2.75) is 38.3 Å². The van der Waals surface area contributed by atoms with Gasteiger partial charge in [-0.25, -0.2) is 0 Å². The van der Waals surface area contributed by atoms with Crippen molar-refractivity contribution >= 4 is 31.1 Å². The molecule has 0 aromatic heterocycles. The summed E-state index contributed by atoms with van der Waals surface area (Å²) in [6.07, 6.45) is 0. The van der Waals surface area contributed by atoms with E-state index in [0.29, 0.717) is 5.16 Å². The molecule has 20 heavy (non-hydrogen) atoms. The lowest BCUT2D eigenvalue weighted by Crippen LogP contribution is -2.63. The molecule has 1 aromatic carbocycles. The summed E-state index contributed by atoms with van der Waals surface area (Å²) in [6.45, 7) is 11.3. The Kier molecular flexibility index (Phi) is 6.36. The van der Waals surface area contributed by atoms with Crippen molar-refractivity contribution in [3.8, 4) is 0 Å². The Morgan fingerprint density at radius 2 is 1.50 bits per heavy atom. The fraction of sp³-hybridized carbons (Fsp3) is 0.571. The maximum Gasteiger partial charge on any atom is 0.374 e. The Labute approximate surface area is 127 Å². The highest BCUT2D eigenvalue weighted by molar-refractivity contribution is 6.97. The molecule has 1 rings (SSSR count). The molecule has 1 atom stereocenters. The minimum Gasteiger partial charge on any atom is -0.458 e. The van der Waals surface area contributed by atoms with Crippen LogP contribution in [-0.4, -0.2) is 40.1 Å². The van der Waals surface area contributed by atoms with Crippen LogP contribution in [-0.2, 0) is 13.0 Å². The molecule has 0 spiro atoms. The molecule has 0 bridgehead atoms. The predicted molar refractivity (Wildman–Crippen MR) is 92.7 cm³/mol. The molecule has 0 fully saturated rings. The van der Waals surface area contributed by atoms with E-state index in [1.54, 1.807) is 14.2 Å². The Hall–Kier alpha value is -0.249. The minimum absolute atomic E-state index is 0.322. The molecule has 0 N–H and O–H groups in total. The number of hydrogen-bond acceptors (Lipinski definition) is 3. The zero-order valence-corrected chi connectivity index (χ0v) is 16.9. The summed E-state index contributed by atoms with van der Waals surface area (Å²) in [4.78, 5) is 0. The number of rotatable bonds is 7. The summed E-state index contributed by atoms with van der Waals surface area (Å²) in [5.74, 6) is 0. The first-order valence-corrected chi connectivity index (χ1v) is 14.8. The fourth-order valence-corrected chi connectivity index (χ4v) is 16.4. The predicted octanol–water partition coefficient (Wildman–Crippen LogP) is 2.76. The Bertz CT molecular complexity index is 405. The maximum atomic E-state index is 6.38. The molecule has 0 radical (unpaired) electrons. The average Bonchev–Trinajstić information content (AvgIpc) is 2.40. The van der Waals surface area contributed by atoms with Crippen LogP contribution in [0.4, 0.5) is 0 Å². The van der Waals surface area contributed by atoms with Gasteiger partial charge in [-0.15, -0.1) is 0 Å². The summed E-state index contributed by atoms with van der Waals surface area (Å²) in [6, 6.07) is 10.4. The van der Waals surface area contributed by atoms with Crippen LogP contribution in [0.25, 0.3) is 0 Å². The van der Waals surface area contributed by atoms with E-state index < -0.39 is 25.9 Å². The fourth-order valence-electron chi connectivity index (χ4n) is 2.76. The standard InChI is InChI=1S/C14H28O3Si3/c1-13(19(6,7)17-18(4)5)20(15-2,16-3)14-11-9-8-10-12-14/h8-13,18H,1-7H3. The zero-order chi connectivity index (χ0) is 15.4. The molecule has 114 valence electrons. The van der Waals surface area contributed by atoms with Crippen LogP contribution in [0.3, 0.4) is 0 Å². The molecule has 0 saturated heterocycles. The van der Waals surface area contributed by atoms with Crippen molar-refractivity contribution < 1.29 is 13.0 Å². The Balaban J connectivity index is 3.19. The lowest BCUT2D eigenvalue weighted by Gasteiger charge is -2.41. The molecule has 1 aromatic rings. The van der Waals surface area contributed by atoms with E-state index in [9.17, 15) is 0 Å². The summed E-state index contributed by atoms with van der Waals surface area (Å²) >= 11 is 0. The van der Waals surface area contributed by atoms with E-state index in [1.165, 1.54) is 5.19 Å². The van der Waals surface area contributed by atoms with Crippen LogP contribution in [0.5, 0.6) is 0 Å². The third-order valence-electron chi connectivity index (χ3n) is 3.93. The van der Waals surface area contributed by atoms with E-state index >= 15 is 0 Å². The van der Waals surface area contributed by atoms with Crippen LogP contribution >= 0.6 is 0 Å². The smallest absolute Gasteiger partial charge is 0.374 e. The molecule has 6 heteroatoms. The summed E-state index contributed by atoms with van der Waals surface area (Å²) < 4.78 is 18.4. The van der Waals surface area contributed by atoms with Gasteiger partial charge in [0.2, 0.25) is 0 Å². The molecule has 0 aliphatic rings. The highest BCUT2D eigenvalue weighted by Crippen LogP contribution is 2.33. The average molecular weight is 329 g/mol. The number of hydrogen-bond donors (Lipinski definition) is 0.